The van der Waals surface area contributed by atoms with Crippen LogP contribution in [0.3, 0.4) is 0 Å². The zero-order valence-corrected chi connectivity index (χ0v) is 24.5. The number of unbranched alkanes of at least 4 members (excludes halogenated alkanes) is 2. The molecular formula is C35H47N3O2. The van der Waals surface area contributed by atoms with Gasteiger partial charge < -0.3 is 14.4 Å². The van der Waals surface area contributed by atoms with E-state index in [0.717, 1.165) is 69.2 Å². The molecule has 1 saturated carbocycles. The number of rotatable bonds is 14. The van der Waals surface area contributed by atoms with E-state index in [2.05, 4.69) is 65.9 Å². The first-order valence-corrected chi connectivity index (χ1v) is 15.4. The van der Waals surface area contributed by atoms with Crippen LogP contribution in [0.2, 0.25) is 0 Å². The van der Waals surface area contributed by atoms with Crippen LogP contribution < -0.4 is 0 Å². The van der Waals surface area contributed by atoms with E-state index >= 15 is 0 Å². The molecule has 1 fully saturated rings. The number of carbonyl (C=O) groups excluding carboxylic acids is 2. The van der Waals surface area contributed by atoms with Crippen molar-refractivity contribution in [2.45, 2.75) is 96.7 Å². The molecule has 1 unspecified atom stereocenters. The molecule has 3 aromatic rings. The molecule has 0 aliphatic heterocycles. The van der Waals surface area contributed by atoms with Gasteiger partial charge in [-0.15, -0.1) is 0 Å². The van der Waals surface area contributed by atoms with Gasteiger partial charge in [0.05, 0.1) is 19.0 Å². The fourth-order valence-electron chi connectivity index (χ4n) is 6.05. The van der Waals surface area contributed by atoms with Gasteiger partial charge in [-0.2, -0.15) is 0 Å². The van der Waals surface area contributed by atoms with Crippen molar-refractivity contribution in [3.05, 3.63) is 95.8 Å². The normalized spacial score (nSPS) is 14.6. The Bertz CT molecular complexity index is 1170. The molecule has 0 radical (unpaired) electrons. The van der Waals surface area contributed by atoms with Crippen LogP contribution in [0.15, 0.2) is 79.0 Å². The third kappa shape index (κ3) is 8.09. The van der Waals surface area contributed by atoms with Crippen molar-refractivity contribution in [2.75, 3.05) is 13.1 Å². The maximum atomic E-state index is 14.2. The van der Waals surface area contributed by atoms with Gasteiger partial charge in [0, 0.05) is 31.0 Å². The Morgan fingerprint density at radius 2 is 1.57 bits per heavy atom. The summed E-state index contributed by atoms with van der Waals surface area (Å²) in [5.41, 5.74) is 3.42. The van der Waals surface area contributed by atoms with E-state index in [1.807, 2.05) is 41.3 Å². The second kappa shape index (κ2) is 15.4. The molecule has 5 heteroatoms. The second-order valence-electron chi connectivity index (χ2n) is 11.3. The van der Waals surface area contributed by atoms with E-state index in [9.17, 15) is 9.59 Å². The minimum absolute atomic E-state index is 0.0760. The second-order valence-corrected chi connectivity index (χ2v) is 11.3. The van der Waals surface area contributed by atoms with Crippen LogP contribution in [0, 0.1) is 0 Å². The van der Waals surface area contributed by atoms with Gasteiger partial charge in [0.1, 0.15) is 0 Å². The van der Waals surface area contributed by atoms with Crippen molar-refractivity contribution in [1.82, 2.24) is 14.4 Å². The predicted molar refractivity (Wildman–Crippen MR) is 163 cm³/mol. The summed E-state index contributed by atoms with van der Waals surface area (Å²) in [5.74, 6) is -0.0665. The van der Waals surface area contributed by atoms with Gasteiger partial charge in [-0.3, -0.25) is 9.59 Å². The zero-order chi connectivity index (χ0) is 28.2. The lowest BCUT2D eigenvalue weighted by Gasteiger charge is -2.36. The third-order valence-corrected chi connectivity index (χ3v) is 8.37. The fraction of sp³-hybridized carbons (Fsp3) is 0.486. The Morgan fingerprint density at radius 1 is 0.875 bits per heavy atom. The van der Waals surface area contributed by atoms with E-state index < -0.39 is 0 Å². The molecule has 214 valence electrons. The van der Waals surface area contributed by atoms with Crippen LogP contribution >= 0.6 is 0 Å². The molecule has 0 spiro atoms. The number of hydrogen-bond acceptors (Lipinski definition) is 2. The Labute approximate surface area is 241 Å². The van der Waals surface area contributed by atoms with Crippen LogP contribution in [-0.4, -0.2) is 45.3 Å². The summed E-state index contributed by atoms with van der Waals surface area (Å²) in [6.07, 6.45) is 11.5. The lowest BCUT2D eigenvalue weighted by molar-refractivity contribution is -0.143. The first-order chi connectivity index (χ1) is 19.6. The monoisotopic (exact) mass is 541 g/mol. The summed E-state index contributed by atoms with van der Waals surface area (Å²) in [6.45, 7) is 6.39. The van der Waals surface area contributed by atoms with Gasteiger partial charge >= 0.3 is 0 Å². The number of carbonyl (C=O) groups is 2. The summed E-state index contributed by atoms with van der Waals surface area (Å²) >= 11 is 0. The highest BCUT2D eigenvalue weighted by molar-refractivity contribution is 5.88. The highest BCUT2D eigenvalue weighted by atomic mass is 16.2. The molecule has 2 amide bonds. The van der Waals surface area contributed by atoms with Gasteiger partial charge in [-0.25, -0.2) is 0 Å². The van der Waals surface area contributed by atoms with Gasteiger partial charge in [-0.1, -0.05) is 107 Å². The topological polar surface area (TPSA) is 45.6 Å². The minimum Gasteiger partial charge on any atom is -0.345 e. The summed E-state index contributed by atoms with van der Waals surface area (Å²) in [4.78, 5) is 32.0. The molecule has 1 aliphatic rings. The molecule has 4 rings (SSSR count). The van der Waals surface area contributed by atoms with Crippen LogP contribution in [0.25, 0.3) is 0 Å². The number of aromatic nitrogens is 1. The lowest BCUT2D eigenvalue weighted by Crippen LogP contribution is -2.48. The van der Waals surface area contributed by atoms with E-state index in [1.165, 1.54) is 12.0 Å². The molecule has 1 heterocycles. The zero-order valence-electron chi connectivity index (χ0n) is 24.5. The van der Waals surface area contributed by atoms with Crippen molar-refractivity contribution in [3.8, 4) is 0 Å². The summed E-state index contributed by atoms with van der Waals surface area (Å²) in [5, 5.41) is 0. The molecule has 1 aliphatic carbocycles. The molecule has 0 saturated heterocycles. The molecule has 40 heavy (non-hydrogen) atoms. The molecular weight excluding hydrogens is 494 g/mol. The average molecular weight is 542 g/mol. The number of amides is 2. The SMILES string of the molecule is CCCCCN(CC(=O)N(Cc1cccn1Cc1ccccc1)C1CCCCC1)C(=O)C(CC)c1ccccc1. The molecule has 2 aromatic carbocycles. The quantitative estimate of drug-likeness (QED) is 0.200. The standard InChI is InChI=1S/C35H47N3O2/c1-3-5-15-24-37(35(40)33(4-2)30-19-11-7-12-20-30)28-34(39)38(31-21-13-8-14-22-31)27-32-23-16-25-36(32)26-29-17-9-6-10-18-29/h6-7,9-12,16-20,23,25,31,33H,3-5,8,13-15,21-22,24,26-28H2,1-2H3. The van der Waals surface area contributed by atoms with Crippen LogP contribution in [-0.2, 0) is 22.7 Å². The molecule has 0 bridgehead atoms. The van der Waals surface area contributed by atoms with E-state index in [-0.39, 0.29) is 30.3 Å². The van der Waals surface area contributed by atoms with Crippen LogP contribution in [0.4, 0.5) is 0 Å². The van der Waals surface area contributed by atoms with Gasteiger partial charge in [0.25, 0.3) is 0 Å². The number of hydrogen-bond donors (Lipinski definition) is 0. The largest absolute Gasteiger partial charge is 0.345 e. The number of nitrogens with zero attached hydrogens (tertiary/aromatic N) is 3. The van der Waals surface area contributed by atoms with Gasteiger partial charge in [-0.05, 0) is 48.9 Å². The summed E-state index contributed by atoms with van der Waals surface area (Å²) < 4.78 is 2.26. The van der Waals surface area contributed by atoms with Crippen LogP contribution in [0.1, 0.15) is 94.4 Å². The number of benzene rings is 2. The van der Waals surface area contributed by atoms with Crippen molar-refractivity contribution in [3.63, 3.8) is 0 Å². The average Bonchev–Trinajstić information content (AvgIpc) is 3.43. The smallest absolute Gasteiger partial charge is 0.242 e. The van der Waals surface area contributed by atoms with Gasteiger partial charge in [0.2, 0.25) is 11.8 Å². The molecule has 5 nitrogen and oxygen atoms in total. The first kappa shape index (κ1) is 29.6. The summed E-state index contributed by atoms with van der Waals surface area (Å²) in [6, 6.07) is 24.9. The van der Waals surface area contributed by atoms with Gasteiger partial charge in [0.15, 0.2) is 0 Å². The Hall–Kier alpha value is -3.34. The minimum atomic E-state index is -0.220. The van der Waals surface area contributed by atoms with Crippen molar-refractivity contribution >= 4 is 11.8 Å². The van der Waals surface area contributed by atoms with E-state index in [0.29, 0.717) is 13.1 Å². The third-order valence-electron chi connectivity index (χ3n) is 8.37. The molecule has 0 N–H and O–H groups in total. The Balaban J connectivity index is 1.55. The van der Waals surface area contributed by atoms with E-state index in [4.69, 9.17) is 0 Å². The highest BCUT2D eigenvalue weighted by Crippen LogP contribution is 2.26. The first-order valence-electron chi connectivity index (χ1n) is 15.4. The lowest BCUT2D eigenvalue weighted by atomic mass is 9.93. The maximum Gasteiger partial charge on any atom is 0.242 e. The predicted octanol–water partition coefficient (Wildman–Crippen LogP) is 7.41. The maximum absolute atomic E-state index is 14.2. The van der Waals surface area contributed by atoms with Crippen molar-refractivity contribution in [2.24, 2.45) is 0 Å². The Morgan fingerprint density at radius 3 is 2.25 bits per heavy atom. The van der Waals surface area contributed by atoms with Crippen molar-refractivity contribution in [1.29, 1.82) is 0 Å². The fourth-order valence-corrected chi connectivity index (χ4v) is 6.05. The molecule has 1 atom stereocenters. The van der Waals surface area contributed by atoms with E-state index in [1.54, 1.807) is 0 Å². The molecule has 1 aromatic heterocycles. The summed E-state index contributed by atoms with van der Waals surface area (Å²) in [7, 11) is 0. The van der Waals surface area contributed by atoms with Crippen LogP contribution in [0.5, 0.6) is 0 Å². The highest BCUT2D eigenvalue weighted by Gasteiger charge is 2.31. The Kier molecular flexibility index (Phi) is 11.4. The van der Waals surface area contributed by atoms with Crippen molar-refractivity contribution < 1.29 is 9.59 Å².